The Balaban J connectivity index is 1.64. The van der Waals surface area contributed by atoms with Crippen LogP contribution in [0.2, 0.25) is 0 Å². The average molecular weight is 544 g/mol. The zero-order valence-corrected chi connectivity index (χ0v) is 23.0. The van der Waals surface area contributed by atoms with Crippen LogP contribution >= 0.6 is 0 Å². The number of furan rings is 1. The Kier molecular flexibility index (Phi) is 6.97. The van der Waals surface area contributed by atoms with Gasteiger partial charge in [-0.3, -0.25) is 0 Å². The summed E-state index contributed by atoms with van der Waals surface area (Å²) in [7, 11) is -4.00. The molecular weight excluding hydrogens is 514 g/mol. The fraction of sp³-hybridized carbons (Fsp3) is 0.0857. The first kappa shape index (κ1) is 25.7. The molecule has 0 N–H and O–H groups in total. The molecule has 6 aromatic rings. The molecule has 6 rings (SSSR count). The average Bonchev–Trinajstić information content (AvgIpc) is 3.36. The van der Waals surface area contributed by atoms with E-state index in [1.54, 1.807) is 12.1 Å². The molecule has 1 aromatic heterocycles. The van der Waals surface area contributed by atoms with E-state index < -0.39 is 10.0 Å². The van der Waals surface area contributed by atoms with Crippen molar-refractivity contribution in [1.29, 1.82) is 0 Å². The van der Waals surface area contributed by atoms with E-state index in [9.17, 15) is 8.42 Å². The number of benzene rings is 5. The standard InChI is InChI=1S/C35H29NO3S/c1-26-21-23-30(24-22-26)40(37,38)36(25-27-13-5-2-6-14-27)35-34(31-19-11-12-20-32(31)39-35)33(28-15-7-3-8-16-28)29-17-9-4-10-18-29/h2-24,33H,25H2,1H3. The van der Waals surface area contributed by atoms with E-state index in [-0.39, 0.29) is 17.4 Å². The highest BCUT2D eigenvalue weighted by molar-refractivity contribution is 7.92. The van der Waals surface area contributed by atoms with E-state index in [2.05, 4.69) is 24.3 Å². The van der Waals surface area contributed by atoms with Crippen molar-refractivity contribution in [2.75, 3.05) is 4.31 Å². The van der Waals surface area contributed by atoms with Crippen molar-refractivity contribution < 1.29 is 12.8 Å². The Labute approximate surface area is 235 Å². The minimum Gasteiger partial charge on any atom is -0.439 e. The van der Waals surface area contributed by atoms with Crippen LogP contribution in [0.3, 0.4) is 0 Å². The lowest BCUT2D eigenvalue weighted by Gasteiger charge is -2.26. The SMILES string of the molecule is Cc1ccc(S(=O)(=O)N(Cc2ccccc2)c2oc3ccccc3c2C(c2ccccc2)c2ccccc2)cc1. The van der Waals surface area contributed by atoms with Crippen molar-refractivity contribution >= 4 is 26.9 Å². The molecule has 0 aliphatic heterocycles. The van der Waals surface area contributed by atoms with Crippen molar-refractivity contribution in [2.24, 2.45) is 0 Å². The van der Waals surface area contributed by atoms with Gasteiger partial charge in [-0.2, -0.15) is 0 Å². The zero-order valence-electron chi connectivity index (χ0n) is 22.1. The number of aryl methyl sites for hydroxylation is 1. The second kappa shape index (κ2) is 10.9. The number of rotatable bonds is 8. The molecule has 0 amide bonds. The van der Waals surface area contributed by atoms with Gasteiger partial charge in [0.25, 0.3) is 10.0 Å². The molecule has 0 aliphatic carbocycles. The molecule has 0 saturated heterocycles. The molecule has 40 heavy (non-hydrogen) atoms. The number of nitrogens with zero attached hydrogens (tertiary/aromatic N) is 1. The van der Waals surface area contributed by atoms with Gasteiger partial charge in [-0.15, -0.1) is 0 Å². The molecule has 0 atom stereocenters. The first-order valence-electron chi connectivity index (χ1n) is 13.3. The van der Waals surface area contributed by atoms with E-state index in [0.717, 1.165) is 33.2 Å². The smallest absolute Gasteiger partial charge is 0.266 e. The quantitative estimate of drug-likeness (QED) is 0.194. The van der Waals surface area contributed by atoms with Crippen molar-refractivity contribution in [3.63, 3.8) is 0 Å². The zero-order chi connectivity index (χ0) is 27.5. The topological polar surface area (TPSA) is 50.5 Å². The number of hydrogen-bond donors (Lipinski definition) is 0. The van der Waals surface area contributed by atoms with Crippen molar-refractivity contribution in [2.45, 2.75) is 24.3 Å². The molecular formula is C35H29NO3S. The minimum atomic E-state index is -4.00. The number of fused-ring (bicyclic) bond motifs is 1. The maximum absolute atomic E-state index is 14.4. The van der Waals surface area contributed by atoms with Gasteiger partial charge in [-0.1, -0.05) is 127 Å². The number of anilines is 1. The molecule has 1 heterocycles. The summed E-state index contributed by atoms with van der Waals surface area (Å²) in [4.78, 5) is 0.219. The van der Waals surface area contributed by atoms with E-state index in [1.807, 2.05) is 110 Å². The summed E-state index contributed by atoms with van der Waals surface area (Å²) in [6, 6.07) is 44.8. The number of para-hydroxylation sites is 1. The van der Waals surface area contributed by atoms with E-state index >= 15 is 0 Å². The highest BCUT2D eigenvalue weighted by Crippen LogP contribution is 2.45. The predicted octanol–water partition coefficient (Wildman–Crippen LogP) is 8.32. The molecule has 0 fully saturated rings. The van der Waals surface area contributed by atoms with Crippen LogP contribution < -0.4 is 4.31 Å². The highest BCUT2D eigenvalue weighted by Gasteiger charge is 2.35. The third-order valence-corrected chi connectivity index (χ3v) is 8.92. The molecule has 5 aromatic carbocycles. The lowest BCUT2D eigenvalue weighted by atomic mass is 9.84. The second-order valence-corrected chi connectivity index (χ2v) is 11.7. The maximum Gasteiger partial charge on any atom is 0.266 e. The molecule has 0 aliphatic rings. The van der Waals surface area contributed by atoms with Gasteiger partial charge in [0.1, 0.15) is 5.58 Å². The van der Waals surface area contributed by atoms with Crippen molar-refractivity contribution in [1.82, 2.24) is 0 Å². The van der Waals surface area contributed by atoms with Gasteiger partial charge >= 0.3 is 0 Å². The summed E-state index contributed by atoms with van der Waals surface area (Å²) < 4.78 is 36.8. The summed E-state index contributed by atoms with van der Waals surface area (Å²) in [5.74, 6) is 0.0656. The molecule has 4 nitrogen and oxygen atoms in total. The van der Waals surface area contributed by atoms with E-state index in [4.69, 9.17) is 4.42 Å². The summed E-state index contributed by atoms with van der Waals surface area (Å²) in [5.41, 5.74) is 5.41. The fourth-order valence-electron chi connectivity index (χ4n) is 5.19. The monoisotopic (exact) mass is 543 g/mol. The van der Waals surface area contributed by atoms with Gasteiger partial charge in [0.15, 0.2) is 0 Å². The Morgan fingerprint density at radius 3 is 1.77 bits per heavy atom. The molecule has 0 spiro atoms. The first-order chi connectivity index (χ1) is 19.5. The minimum absolute atomic E-state index is 0.125. The summed E-state index contributed by atoms with van der Waals surface area (Å²) >= 11 is 0. The highest BCUT2D eigenvalue weighted by atomic mass is 32.2. The van der Waals surface area contributed by atoms with Crippen molar-refractivity contribution in [3.05, 3.63) is 167 Å². The molecule has 0 bridgehead atoms. The maximum atomic E-state index is 14.4. The Morgan fingerprint density at radius 1 is 0.650 bits per heavy atom. The molecule has 198 valence electrons. The Bertz CT molecular complexity index is 1790. The van der Waals surface area contributed by atoms with Crippen LogP contribution in [0.25, 0.3) is 11.0 Å². The Hall–Kier alpha value is -4.61. The van der Waals surface area contributed by atoms with Crippen LogP contribution in [0.1, 0.15) is 33.7 Å². The summed E-state index contributed by atoms with van der Waals surface area (Å²) in [6.07, 6.45) is 0. The van der Waals surface area contributed by atoms with Gasteiger partial charge < -0.3 is 4.42 Å². The lowest BCUT2D eigenvalue weighted by molar-refractivity contribution is 0.568. The number of sulfonamides is 1. The van der Waals surface area contributed by atoms with Gasteiger partial charge in [0.2, 0.25) is 5.88 Å². The summed E-state index contributed by atoms with van der Waals surface area (Å²) in [6.45, 7) is 2.07. The third kappa shape index (κ3) is 4.92. The lowest BCUT2D eigenvalue weighted by Crippen LogP contribution is -2.31. The van der Waals surface area contributed by atoms with Crippen LogP contribution in [-0.4, -0.2) is 8.42 Å². The predicted molar refractivity (Wildman–Crippen MR) is 161 cm³/mol. The van der Waals surface area contributed by atoms with Gasteiger partial charge in [-0.05, 0) is 41.8 Å². The van der Waals surface area contributed by atoms with Gasteiger partial charge in [-0.25, -0.2) is 12.7 Å². The molecule has 0 unspecified atom stereocenters. The fourth-order valence-corrected chi connectivity index (χ4v) is 6.59. The second-order valence-electron chi connectivity index (χ2n) is 9.88. The van der Waals surface area contributed by atoms with Crippen LogP contribution in [0, 0.1) is 6.92 Å². The third-order valence-electron chi connectivity index (χ3n) is 7.17. The Morgan fingerprint density at radius 2 is 1.18 bits per heavy atom. The largest absolute Gasteiger partial charge is 0.439 e. The van der Waals surface area contributed by atoms with Gasteiger partial charge in [0.05, 0.1) is 11.4 Å². The summed E-state index contributed by atoms with van der Waals surface area (Å²) in [5, 5.41) is 0.882. The van der Waals surface area contributed by atoms with Crippen LogP contribution in [0.15, 0.2) is 149 Å². The van der Waals surface area contributed by atoms with Crippen LogP contribution in [-0.2, 0) is 16.6 Å². The van der Waals surface area contributed by atoms with Crippen LogP contribution in [0.4, 0.5) is 5.88 Å². The van der Waals surface area contributed by atoms with Gasteiger partial charge in [0, 0.05) is 16.9 Å². The molecule has 5 heteroatoms. The van der Waals surface area contributed by atoms with Crippen molar-refractivity contribution in [3.8, 4) is 0 Å². The van der Waals surface area contributed by atoms with E-state index in [0.29, 0.717) is 11.5 Å². The number of hydrogen-bond acceptors (Lipinski definition) is 3. The normalized spacial score (nSPS) is 11.7. The molecule has 0 saturated carbocycles. The first-order valence-corrected chi connectivity index (χ1v) is 14.7. The van der Waals surface area contributed by atoms with E-state index in [1.165, 1.54) is 4.31 Å². The molecule has 0 radical (unpaired) electrons. The van der Waals surface area contributed by atoms with Crippen LogP contribution in [0.5, 0.6) is 0 Å².